The smallest absolute Gasteiger partial charge is 0.306 e. The second-order valence-electron chi connectivity index (χ2n) is 8.15. The molecule has 4 rings (SSSR count). The van der Waals surface area contributed by atoms with Crippen LogP contribution in [0.5, 0.6) is 0 Å². The number of aromatic nitrogens is 2. The van der Waals surface area contributed by atoms with Gasteiger partial charge in [-0.15, -0.1) is 0 Å². The summed E-state index contributed by atoms with van der Waals surface area (Å²) < 4.78 is 7.30. The summed E-state index contributed by atoms with van der Waals surface area (Å²) in [5, 5.41) is 9.96. The normalized spacial score (nSPS) is 14.9. The number of carbonyl (C=O) groups is 1. The average molecular weight is 405 g/mol. The Hall–Kier alpha value is -3.07. The summed E-state index contributed by atoms with van der Waals surface area (Å²) >= 11 is 0. The Morgan fingerprint density at radius 2 is 2.03 bits per heavy atom. The molecule has 6 heteroatoms. The van der Waals surface area contributed by atoms with Crippen LogP contribution >= 0.6 is 0 Å². The van der Waals surface area contributed by atoms with E-state index >= 15 is 0 Å². The number of hydrogen-bond donors (Lipinski definition) is 0. The van der Waals surface area contributed by atoms with Crippen LogP contribution in [-0.2, 0) is 16.0 Å². The van der Waals surface area contributed by atoms with Crippen molar-refractivity contribution in [2.24, 2.45) is 5.92 Å². The first kappa shape index (κ1) is 20.2. The van der Waals surface area contributed by atoms with Crippen molar-refractivity contribution in [1.29, 1.82) is 5.26 Å². The molecule has 0 N–H and O–H groups in total. The number of ether oxygens (including phenoxy) is 1. The summed E-state index contributed by atoms with van der Waals surface area (Å²) in [4.78, 5) is 19.3. The van der Waals surface area contributed by atoms with Crippen molar-refractivity contribution in [1.82, 2.24) is 9.38 Å². The molecule has 0 radical (unpaired) electrons. The number of esters is 1. The Balaban J connectivity index is 1.96. The van der Waals surface area contributed by atoms with Gasteiger partial charge in [0.25, 0.3) is 0 Å². The lowest BCUT2D eigenvalue weighted by Gasteiger charge is -2.34. The molecule has 1 saturated heterocycles. The minimum absolute atomic E-state index is 0.204. The predicted octanol–water partition coefficient (Wildman–Crippen LogP) is 4.40. The maximum absolute atomic E-state index is 12.1. The number of anilines is 1. The van der Waals surface area contributed by atoms with Gasteiger partial charge in [-0.25, -0.2) is 4.98 Å². The average Bonchev–Trinajstić information content (AvgIpc) is 3.12. The highest BCUT2D eigenvalue weighted by Gasteiger charge is 2.26. The molecule has 2 aromatic heterocycles. The maximum Gasteiger partial charge on any atom is 0.306 e. The number of para-hydroxylation sites is 2. The third-order valence-electron chi connectivity index (χ3n) is 6.17. The van der Waals surface area contributed by atoms with E-state index in [1.165, 1.54) is 0 Å². The molecule has 0 aliphatic carbocycles. The lowest BCUT2D eigenvalue weighted by atomic mass is 9.96. The first-order valence-corrected chi connectivity index (χ1v) is 10.8. The molecule has 1 aliphatic rings. The first-order chi connectivity index (χ1) is 14.5. The highest BCUT2D eigenvalue weighted by Crippen LogP contribution is 2.35. The fourth-order valence-corrected chi connectivity index (χ4v) is 4.48. The molecule has 156 valence electrons. The number of carbonyl (C=O) groups excluding carboxylic acids is 1. The minimum Gasteiger partial charge on any atom is -0.466 e. The van der Waals surface area contributed by atoms with E-state index in [1.807, 2.05) is 32.0 Å². The standard InChI is InChI=1S/C24H28N4O2/c1-4-30-22(29)10-9-18-17(3)19(15-25)23-26-20-7-5-6-8-21(20)28(23)24(18)27-13-11-16(2)12-14-27/h5-8,16H,4,9-14H2,1-3H3. The van der Waals surface area contributed by atoms with Gasteiger partial charge in [-0.3, -0.25) is 9.20 Å². The van der Waals surface area contributed by atoms with Crippen LogP contribution in [0.3, 0.4) is 0 Å². The molecular formula is C24H28N4O2. The van der Waals surface area contributed by atoms with Gasteiger partial charge in [0.15, 0.2) is 5.65 Å². The van der Waals surface area contributed by atoms with Crippen molar-refractivity contribution < 1.29 is 9.53 Å². The highest BCUT2D eigenvalue weighted by atomic mass is 16.5. The summed E-state index contributed by atoms with van der Waals surface area (Å²) in [6.45, 7) is 8.39. The Kier molecular flexibility index (Phi) is 5.63. The fraction of sp³-hybridized carbons (Fsp3) is 0.458. The lowest BCUT2D eigenvalue weighted by Crippen LogP contribution is -2.35. The van der Waals surface area contributed by atoms with Gasteiger partial charge >= 0.3 is 5.97 Å². The number of benzene rings is 1. The van der Waals surface area contributed by atoms with E-state index in [1.54, 1.807) is 0 Å². The van der Waals surface area contributed by atoms with Crippen molar-refractivity contribution in [2.75, 3.05) is 24.6 Å². The monoisotopic (exact) mass is 404 g/mol. The molecule has 3 aromatic rings. The molecule has 1 aromatic carbocycles. The van der Waals surface area contributed by atoms with Crippen LogP contribution < -0.4 is 4.90 Å². The number of fused-ring (bicyclic) bond motifs is 3. The molecule has 1 fully saturated rings. The highest BCUT2D eigenvalue weighted by molar-refractivity contribution is 5.86. The van der Waals surface area contributed by atoms with Gasteiger partial charge in [-0.2, -0.15) is 5.26 Å². The predicted molar refractivity (Wildman–Crippen MR) is 118 cm³/mol. The van der Waals surface area contributed by atoms with Crippen molar-refractivity contribution in [3.05, 3.63) is 41.0 Å². The maximum atomic E-state index is 12.1. The number of pyridine rings is 1. The third-order valence-corrected chi connectivity index (χ3v) is 6.17. The van der Waals surface area contributed by atoms with Gasteiger partial charge in [0.1, 0.15) is 11.9 Å². The van der Waals surface area contributed by atoms with Crippen molar-refractivity contribution in [2.45, 2.75) is 46.5 Å². The Morgan fingerprint density at radius 1 is 1.30 bits per heavy atom. The number of piperidine rings is 1. The summed E-state index contributed by atoms with van der Waals surface area (Å²) in [6, 6.07) is 10.4. The molecule has 30 heavy (non-hydrogen) atoms. The number of rotatable bonds is 5. The zero-order valence-corrected chi connectivity index (χ0v) is 17.9. The van der Waals surface area contributed by atoms with Crippen LogP contribution in [0.2, 0.25) is 0 Å². The minimum atomic E-state index is -0.204. The molecule has 0 atom stereocenters. The van der Waals surface area contributed by atoms with Gasteiger partial charge in [0.2, 0.25) is 0 Å². The molecule has 0 unspecified atom stereocenters. The van der Waals surface area contributed by atoms with E-state index < -0.39 is 0 Å². The second-order valence-corrected chi connectivity index (χ2v) is 8.15. The Morgan fingerprint density at radius 3 is 2.73 bits per heavy atom. The molecule has 0 bridgehead atoms. The zero-order chi connectivity index (χ0) is 21.3. The topological polar surface area (TPSA) is 70.6 Å². The summed E-state index contributed by atoms with van der Waals surface area (Å²) in [6.07, 6.45) is 3.10. The Labute approximate surface area is 177 Å². The summed E-state index contributed by atoms with van der Waals surface area (Å²) in [7, 11) is 0. The molecule has 1 aliphatic heterocycles. The largest absolute Gasteiger partial charge is 0.466 e. The van der Waals surface area contributed by atoms with Crippen LogP contribution in [-0.4, -0.2) is 35.1 Å². The van der Waals surface area contributed by atoms with Crippen LogP contribution in [0.1, 0.15) is 49.8 Å². The van der Waals surface area contributed by atoms with Gasteiger partial charge in [0, 0.05) is 19.5 Å². The van der Waals surface area contributed by atoms with E-state index in [4.69, 9.17) is 9.72 Å². The molecule has 0 spiro atoms. The zero-order valence-electron chi connectivity index (χ0n) is 17.9. The van der Waals surface area contributed by atoms with Crippen LogP contribution in [0.4, 0.5) is 5.82 Å². The van der Waals surface area contributed by atoms with E-state index in [9.17, 15) is 10.1 Å². The van der Waals surface area contributed by atoms with Gasteiger partial charge in [-0.1, -0.05) is 19.1 Å². The molecular weight excluding hydrogens is 376 g/mol. The van der Waals surface area contributed by atoms with Gasteiger partial charge < -0.3 is 9.64 Å². The number of imidazole rings is 1. The third kappa shape index (κ3) is 3.49. The summed E-state index contributed by atoms with van der Waals surface area (Å²) in [5.74, 6) is 1.58. The van der Waals surface area contributed by atoms with Crippen LogP contribution in [0.15, 0.2) is 24.3 Å². The van der Waals surface area contributed by atoms with Crippen molar-refractivity contribution >= 4 is 28.5 Å². The van der Waals surface area contributed by atoms with Gasteiger partial charge in [0.05, 0.1) is 23.2 Å². The van der Waals surface area contributed by atoms with E-state index in [0.717, 1.165) is 53.9 Å². The quantitative estimate of drug-likeness (QED) is 0.590. The van der Waals surface area contributed by atoms with E-state index in [0.29, 0.717) is 36.6 Å². The van der Waals surface area contributed by atoms with E-state index in [2.05, 4.69) is 28.4 Å². The Bertz CT molecular complexity index is 1130. The first-order valence-electron chi connectivity index (χ1n) is 10.8. The number of nitrogens with zero attached hydrogens (tertiary/aromatic N) is 4. The van der Waals surface area contributed by atoms with Gasteiger partial charge in [-0.05, 0) is 62.3 Å². The van der Waals surface area contributed by atoms with Crippen LogP contribution in [0, 0.1) is 24.2 Å². The SMILES string of the molecule is CCOC(=O)CCc1c(C)c(C#N)c2nc3ccccc3n2c1N1CCC(C)CC1. The number of nitriles is 1. The molecule has 3 heterocycles. The van der Waals surface area contributed by atoms with Crippen molar-refractivity contribution in [3.63, 3.8) is 0 Å². The van der Waals surface area contributed by atoms with E-state index in [-0.39, 0.29) is 5.97 Å². The van der Waals surface area contributed by atoms with Crippen LogP contribution in [0.25, 0.3) is 16.7 Å². The second kappa shape index (κ2) is 8.35. The van der Waals surface area contributed by atoms with Crippen molar-refractivity contribution in [3.8, 4) is 6.07 Å². The summed E-state index contributed by atoms with van der Waals surface area (Å²) in [5.41, 5.74) is 5.12. The molecule has 6 nitrogen and oxygen atoms in total. The number of hydrogen-bond acceptors (Lipinski definition) is 5. The molecule has 0 amide bonds. The lowest BCUT2D eigenvalue weighted by molar-refractivity contribution is -0.143. The molecule has 0 saturated carbocycles. The fourth-order valence-electron chi connectivity index (χ4n) is 4.48.